The minimum atomic E-state index is -2.43. The van der Waals surface area contributed by atoms with Crippen LogP contribution in [0.5, 0.6) is 0 Å². The van der Waals surface area contributed by atoms with Crippen molar-refractivity contribution in [1.82, 2.24) is 0 Å². The van der Waals surface area contributed by atoms with E-state index in [1.54, 1.807) is 0 Å². The monoisotopic (exact) mass is 606 g/mol. The molecule has 2 aliphatic carbocycles. The molecule has 0 radical (unpaired) electrons. The molecule has 3 aliphatic rings. The molecule has 0 bridgehead atoms. The second kappa shape index (κ2) is 8.89. The molecule has 1 atom stereocenters. The molecule has 0 amide bonds. The first-order valence-corrected chi connectivity index (χ1v) is 17.0. The summed E-state index contributed by atoms with van der Waals surface area (Å²) < 4.78 is 3.30. The molecule has 3 aromatic carbocycles. The minimum absolute atomic E-state index is 0. The number of fused-ring (bicyclic) bond motifs is 5. The third-order valence-corrected chi connectivity index (χ3v) is 14.7. The van der Waals surface area contributed by atoms with Gasteiger partial charge < -0.3 is 24.8 Å². The SMILES string of the molecule is [Cl-].[Cl-].[S]=[Zr+2]([c]1cccc2c1-c1ccccc1C2)[c]1cccc2c1=CC1=CC(Br)SC=21. The predicted octanol–water partition coefficient (Wildman–Crippen LogP) is -1.76. The fourth-order valence-electron chi connectivity index (χ4n) is 4.56. The van der Waals surface area contributed by atoms with E-state index in [1.807, 2.05) is 11.8 Å². The molecule has 148 valence electrons. The van der Waals surface area contributed by atoms with Crippen LogP contribution in [-0.4, -0.2) is 4.16 Å². The van der Waals surface area contributed by atoms with Crippen molar-refractivity contribution >= 4 is 54.1 Å². The standard InChI is InChI=1S/C13H9.C11H6BrS.2ClH.S.Zr/c1-3-7-12-10(5-1)9-11-6-2-4-8-13(11)12;12-10-6-8-5-7-3-1-2-4-9(7)11(8)13-10;;;;/h1-7H,9H2;1-2,4-6,10H;2*1H;;/q;;;;;+2/p-2. The molecule has 0 spiro atoms. The number of thioether (sulfide) groups is 1. The van der Waals surface area contributed by atoms with E-state index < -0.39 is 19.7 Å². The number of halogens is 3. The first-order chi connectivity index (χ1) is 13.7. The summed E-state index contributed by atoms with van der Waals surface area (Å²) in [6, 6.07) is 22.4. The molecular formula is C24H15BrCl2S2Zr. The molecule has 3 aromatic rings. The molecule has 1 heterocycles. The third kappa shape index (κ3) is 3.52. The van der Waals surface area contributed by atoms with Gasteiger partial charge in [0.05, 0.1) is 0 Å². The van der Waals surface area contributed by atoms with Crippen LogP contribution in [-0.2, 0) is 26.1 Å². The number of hydrogen-bond donors (Lipinski definition) is 0. The van der Waals surface area contributed by atoms with E-state index in [4.69, 9.17) is 8.86 Å². The molecule has 1 aliphatic heterocycles. The van der Waals surface area contributed by atoms with Gasteiger partial charge in [-0.15, -0.1) is 0 Å². The van der Waals surface area contributed by atoms with Gasteiger partial charge in [-0.2, -0.15) is 0 Å². The van der Waals surface area contributed by atoms with Crippen molar-refractivity contribution in [3.63, 3.8) is 0 Å². The average molecular weight is 610 g/mol. The molecule has 6 heteroatoms. The van der Waals surface area contributed by atoms with Crippen molar-refractivity contribution < 1.29 is 44.5 Å². The van der Waals surface area contributed by atoms with Crippen molar-refractivity contribution in [1.29, 1.82) is 0 Å². The molecule has 0 fully saturated rings. The van der Waals surface area contributed by atoms with Gasteiger partial charge in [-0.1, -0.05) is 0 Å². The van der Waals surface area contributed by atoms with E-state index in [0.717, 1.165) is 6.42 Å². The molecule has 0 N–H and O–H groups in total. The normalized spacial score (nSPS) is 16.6. The van der Waals surface area contributed by atoms with E-state index in [9.17, 15) is 0 Å². The van der Waals surface area contributed by atoms with Crippen LogP contribution < -0.4 is 41.8 Å². The van der Waals surface area contributed by atoms with Crippen LogP contribution in [0.2, 0.25) is 0 Å². The first-order valence-electron chi connectivity index (χ1n) is 9.33. The van der Waals surface area contributed by atoms with Gasteiger partial charge in [-0.3, -0.25) is 0 Å². The summed E-state index contributed by atoms with van der Waals surface area (Å²) >= 11 is 3.19. The van der Waals surface area contributed by atoms with Crippen LogP contribution >= 0.6 is 36.5 Å². The van der Waals surface area contributed by atoms with Gasteiger partial charge in [0.2, 0.25) is 0 Å². The molecule has 30 heavy (non-hydrogen) atoms. The van der Waals surface area contributed by atoms with Crippen molar-refractivity contribution in [2.45, 2.75) is 10.6 Å². The van der Waals surface area contributed by atoms with Gasteiger partial charge >= 0.3 is 189 Å². The van der Waals surface area contributed by atoms with E-state index in [1.165, 1.54) is 49.7 Å². The third-order valence-electron chi connectivity index (χ3n) is 5.76. The Morgan fingerprint density at radius 1 is 0.900 bits per heavy atom. The maximum absolute atomic E-state index is 6.37. The summed E-state index contributed by atoms with van der Waals surface area (Å²) in [5.74, 6) is 0. The van der Waals surface area contributed by atoms with Crippen LogP contribution in [0, 0.1) is 0 Å². The summed E-state index contributed by atoms with van der Waals surface area (Å²) in [5.41, 5.74) is 7.10. The molecular weight excluding hydrogens is 594 g/mol. The van der Waals surface area contributed by atoms with Gasteiger partial charge in [0.1, 0.15) is 0 Å². The molecule has 0 saturated heterocycles. The quantitative estimate of drug-likeness (QED) is 0.248. The zero-order valence-corrected chi connectivity index (χ0v) is 22.9. The van der Waals surface area contributed by atoms with Crippen LogP contribution in [0.15, 0.2) is 72.3 Å². The average Bonchev–Trinajstić information content (AvgIpc) is 3.36. The fourth-order valence-corrected chi connectivity index (χ4v) is 12.8. The number of rotatable bonds is 2. The van der Waals surface area contributed by atoms with Gasteiger partial charge in [-0.05, 0) is 0 Å². The van der Waals surface area contributed by atoms with E-state index in [2.05, 4.69) is 88.7 Å². The molecule has 1 unspecified atom stereocenters. The van der Waals surface area contributed by atoms with Gasteiger partial charge in [0.25, 0.3) is 0 Å². The Morgan fingerprint density at radius 3 is 2.50 bits per heavy atom. The zero-order valence-electron chi connectivity index (χ0n) is 15.7. The molecule has 0 aromatic heterocycles. The maximum atomic E-state index is 6.37. The summed E-state index contributed by atoms with van der Waals surface area (Å²) in [5, 5.41) is 2.77. The Kier molecular flexibility index (Phi) is 6.76. The Balaban J connectivity index is 0.00000109. The summed E-state index contributed by atoms with van der Waals surface area (Å²) in [4.78, 5) is 1.41. The van der Waals surface area contributed by atoms with Crippen molar-refractivity contribution in [2.75, 3.05) is 0 Å². The number of alkyl halides is 1. The van der Waals surface area contributed by atoms with Gasteiger partial charge in [0.15, 0.2) is 0 Å². The number of hydrogen-bond acceptors (Lipinski definition) is 2. The summed E-state index contributed by atoms with van der Waals surface area (Å²) in [6.45, 7) is 0. The Morgan fingerprint density at radius 2 is 1.63 bits per heavy atom. The van der Waals surface area contributed by atoms with Crippen molar-refractivity contribution in [2.24, 2.45) is 0 Å². The van der Waals surface area contributed by atoms with Crippen LogP contribution in [0.3, 0.4) is 0 Å². The zero-order chi connectivity index (χ0) is 18.8. The van der Waals surface area contributed by atoms with Gasteiger partial charge in [-0.25, -0.2) is 0 Å². The second-order valence-corrected chi connectivity index (χ2v) is 16.8. The Hall–Kier alpha value is -0.347. The van der Waals surface area contributed by atoms with E-state index in [0.29, 0.717) is 4.16 Å². The van der Waals surface area contributed by atoms with Crippen molar-refractivity contribution in [3.05, 3.63) is 93.9 Å². The predicted molar refractivity (Wildman–Crippen MR) is 123 cm³/mol. The van der Waals surface area contributed by atoms with E-state index in [-0.39, 0.29) is 24.8 Å². The van der Waals surface area contributed by atoms with E-state index >= 15 is 0 Å². The summed E-state index contributed by atoms with van der Waals surface area (Å²) in [7, 11) is 6.37. The van der Waals surface area contributed by atoms with Crippen LogP contribution in [0.25, 0.3) is 22.1 Å². The molecule has 6 rings (SSSR count). The van der Waals surface area contributed by atoms with Crippen LogP contribution in [0.1, 0.15) is 11.1 Å². The second-order valence-electron chi connectivity index (χ2n) is 7.33. The fraction of sp³-hybridized carbons (Fsp3) is 0.0833. The Labute approximate surface area is 212 Å². The molecule has 0 nitrogen and oxygen atoms in total. The van der Waals surface area contributed by atoms with Gasteiger partial charge in [0, 0.05) is 0 Å². The topological polar surface area (TPSA) is 0 Å². The summed E-state index contributed by atoms with van der Waals surface area (Å²) in [6.07, 6.45) is 5.73. The first kappa shape index (κ1) is 22.8. The Bertz CT molecular complexity index is 1360. The molecule has 0 saturated carbocycles. The van der Waals surface area contributed by atoms with Crippen LogP contribution in [0.4, 0.5) is 0 Å². The van der Waals surface area contributed by atoms with Crippen molar-refractivity contribution in [3.8, 4) is 11.1 Å². The number of benzene rings is 3.